The lowest BCUT2D eigenvalue weighted by molar-refractivity contribution is 0.0938. The summed E-state index contributed by atoms with van der Waals surface area (Å²) in [5.41, 5.74) is 3.28. The number of benzene rings is 2. The van der Waals surface area contributed by atoms with E-state index in [2.05, 4.69) is 22.3 Å². The van der Waals surface area contributed by atoms with Crippen molar-refractivity contribution in [2.45, 2.75) is 25.3 Å². The van der Waals surface area contributed by atoms with Crippen molar-refractivity contribution in [3.8, 4) is 5.75 Å². The summed E-state index contributed by atoms with van der Waals surface area (Å²) < 4.78 is 30.5. The van der Waals surface area contributed by atoms with Gasteiger partial charge < -0.3 is 10.1 Å². The summed E-state index contributed by atoms with van der Waals surface area (Å²) in [5, 5.41) is 3.09. The maximum Gasteiger partial charge on any atom is 0.251 e. The third-order valence-corrected chi connectivity index (χ3v) is 7.31. The molecule has 0 radical (unpaired) electrons. The van der Waals surface area contributed by atoms with Gasteiger partial charge in [-0.25, -0.2) is 8.42 Å². The fourth-order valence-corrected chi connectivity index (χ4v) is 5.44. The second-order valence-electron chi connectivity index (χ2n) is 8.17. The zero-order chi connectivity index (χ0) is 22.0. The lowest BCUT2D eigenvalue weighted by Gasteiger charge is -2.28. The number of methoxy groups -OCH3 is 1. The highest BCUT2D eigenvalue weighted by Crippen LogP contribution is 2.31. The number of rotatable bonds is 7. The van der Waals surface area contributed by atoms with Crippen LogP contribution >= 0.6 is 0 Å². The standard InChI is InChI=1S/C23H29N3O4S/c1-30-20-8-5-17(6-9-20)22(25-12-3-4-13-25)16-24-23(27)19-7-10-21-18(15-19)11-14-26(21)31(2,28)29/h5-10,15,22H,3-4,11-14,16H2,1-2H3,(H,24,27). The van der Waals surface area contributed by atoms with Gasteiger partial charge in [-0.1, -0.05) is 12.1 Å². The second kappa shape index (κ2) is 8.88. The molecule has 8 heteroatoms. The summed E-state index contributed by atoms with van der Waals surface area (Å²) in [6.45, 7) is 2.98. The van der Waals surface area contributed by atoms with Gasteiger partial charge in [0, 0.05) is 18.7 Å². The van der Waals surface area contributed by atoms with Crippen LogP contribution in [0.15, 0.2) is 42.5 Å². The highest BCUT2D eigenvalue weighted by Gasteiger charge is 2.27. The van der Waals surface area contributed by atoms with E-state index in [0.717, 1.165) is 30.0 Å². The van der Waals surface area contributed by atoms with Crippen LogP contribution in [0.2, 0.25) is 0 Å². The van der Waals surface area contributed by atoms with Gasteiger partial charge in [0.25, 0.3) is 5.91 Å². The fraction of sp³-hybridized carbons (Fsp3) is 0.435. The van der Waals surface area contributed by atoms with Gasteiger partial charge in [-0.15, -0.1) is 0 Å². The molecular formula is C23H29N3O4S. The Hall–Kier alpha value is -2.58. The van der Waals surface area contributed by atoms with E-state index in [1.807, 2.05) is 18.2 Å². The highest BCUT2D eigenvalue weighted by molar-refractivity contribution is 7.92. The number of hydrogen-bond acceptors (Lipinski definition) is 5. The largest absolute Gasteiger partial charge is 0.497 e. The molecule has 0 spiro atoms. The van der Waals surface area contributed by atoms with Crippen LogP contribution in [0.3, 0.4) is 0 Å². The molecule has 1 amide bonds. The van der Waals surface area contributed by atoms with Crippen LogP contribution in [0.25, 0.3) is 0 Å². The van der Waals surface area contributed by atoms with Crippen molar-refractivity contribution in [1.82, 2.24) is 10.2 Å². The van der Waals surface area contributed by atoms with Crippen molar-refractivity contribution in [3.05, 3.63) is 59.2 Å². The smallest absolute Gasteiger partial charge is 0.251 e. The summed E-state index contributed by atoms with van der Waals surface area (Å²) in [6, 6.07) is 13.4. The number of anilines is 1. The lowest BCUT2D eigenvalue weighted by atomic mass is 10.0. The van der Waals surface area contributed by atoms with Crippen molar-refractivity contribution >= 4 is 21.6 Å². The average molecular weight is 444 g/mol. The molecule has 0 saturated carbocycles. The van der Waals surface area contributed by atoms with E-state index >= 15 is 0 Å². The topological polar surface area (TPSA) is 79.0 Å². The first-order valence-corrected chi connectivity index (χ1v) is 12.5. The number of fused-ring (bicyclic) bond motifs is 1. The Bertz CT molecular complexity index is 1050. The zero-order valence-corrected chi connectivity index (χ0v) is 18.8. The van der Waals surface area contributed by atoms with Gasteiger partial charge in [0.1, 0.15) is 5.75 Å². The van der Waals surface area contributed by atoms with Gasteiger partial charge >= 0.3 is 0 Å². The molecule has 4 rings (SSSR count). The van der Waals surface area contributed by atoms with Crippen LogP contribution in [-0.2, 0) is 16.4 Å². The number of amides is 1. The van der Waals surface area contributed by atoms with Gasteiger partial charge in [0.2, 0.25) is 10.0 Å². The number of carbonyl (C=O) groups excluding carboxylic acids is 1. The van der Waals surface area contributed by atoms with Crippen LogP contribution in [-0.4, -0.2) is 58.8 Å². The summed E-state index contributed by atoms with van der Waals surface area (Å²) >= 11 is 0. The number of likely N-dealkylation sites (tertiary alicyclic amines) is 1. The van der Waals surface area contributed by atoms with Crippen molar-refractivity contribution in [2.24, 2.45) is 0 Å². The van der Waals surface area contributed by atoms with Crippen molar-refractivity contribution in [2.75, 3.05) is 43.8 Å². The van der Waals surface area contributed by atoms with E-state index in [9.17, 15) is 13.2 Å². The number of nitrogens with one attached hydrogen (secondary N) is 1. The van der Waals surface area contributed by atoms with Gasteiger partial charge in [0.15, 0.2) is 0 Å². The lowest BCUT2D eigenvalue weighted by Crippen LogP contribution is -2.36. The summed E-state index contributed by atoms with van der Waals surface area (Å²) in [4.78, 5) is 15.3. The molecule has 166 valence electrons. The van der Waals surface area contributed by atoms with E-state index < -0.39 is 10.0 Å². The molecule has 2 aliphatic rings. The molecule has 2 aromatic rings. The van der Waals surface area contributed by atoms with E-state index in [-0.39, 0.29) is 11.9 Å². The Morgan fingerprint density at radius 2 is 1.81 bits per heavy atom. The van der Waals surface area contributed by atoms with Crippen LogP contribution in [0.4, 0.5) is 5.69 Å². The molecule has 0 aromatic heterocycles. The van der Waals surface area contributed by atoms with Gasteiger partial charge in [-0.2, -0.15) is 0 Å². The molecule has 1 saturated heterocycles. The van der Waals surface area contributed by atoms with E-state index in [1.165, 1.54) is 23.4 Å². The monoisotopic (exact) mass is 443 g/mol. The van der Waals surface area contributed by atoms with Gasteiger partial charge in [0.05, 0.1) is 25.1 Å². The van der Waals surface area contributed by atoms with Crippen molar-refractivity contribution < 1.29 is 17.9 Å². The second-order valence-corrected chi connectivity index (χ2v) is 10.1. The minimum atomic E-state index is -3.30. The molecule has 0 bridgehead atoms. The van der Waals surface area contributed by atoms with Crippen molar-refractivity contribution in [3.63, 3.8) is 0 Å². The SMILES string of the molecule is COc1ccc(C(CNC(=O)c2ccc3c(c2)CCN3S(C)(=O)=O)N2CCCC2)cc1. The molecule has 2 aromatic carbocycles. The number of hydrogen-bond donors (Lipinski definition) is 1. The molecule has 1 atom stereocenters. The van der Waals surface area contributed by atoms with Crippen LogP contribution < -0.4 is 14.4 Å². The quantitative estimate of drug-likeness (QED) is 0.712. The Morgan fingerprint density at radius 1 is 1.10 bits per heavy atom. The third-order valence-electron chi connectivity index (χ3n) is 6.13. The molecule has 31 heavy (non-hydrogen) atoms. The number of ether oxygens (including phenoxy) is 1. The number of carbonyl (C=O) groups is 1. The predicted octanol–water partition coefficient (Wildman–Crippen LogP) is 2.58. The molecule has 2 heterocycles. The predicted molar refractivity (Wildman–Crippen MR) is 121 cm³/mol. The minimum absolute atomic E-state index is 0.104. The maximum absolute atomic E-state index is 12.9. The van der Waals surface area contributed by atoms with E-state index in [1.54, 1.807) is 19.2 Å². The zero-order valence-electron chi connectivity index (χ0n) is 18.0. The molecule has 2 aliphatic heterocycles. The van der Waals surface area contributed by atoms with E-state index in [0.29, 0.717) is 30.8 Å². The molecule has 7 nitrogen and oxygen atoms in total. The normalized spacial score (nSPS) is 17.4. The van der Waals surface area contributed by atoms with Gasteiger partial charge in [-0.05, 0) is 73.8 Å². The minimum Gasteiger partial charge on any atom is -0.497 e. The third kappa shape index (κ3) is 4.70. The number of nitrogens with zero attached hydrogens (tertiary/aromatic N) is 2. The first-order chi connectivity index (χ1) is 14.9. The molecule has 0 aliphatic carbocycles. The molecule has 1 unspecified atom stereocenters. The van der Waals surface area contributed by atoms with E-state index in [4.69, 9.17) is 4.74 Å². The Balaban J connectivity index is 1.48. The van der Waals surface area contributed by atoms with Crippen LogP contribution in [0, 0.1) is 0 Å². The highest BCUT2D eigenvalue weighted by atomic mass is 32.2. The van der Waals surface area contributed by atoms with Crippen molar-refractivity contribution in [1.29, 1.82) is 0 Å². The molecule has 1 N–H and O–H groups in total. The molecular weight excluding hydrogens is 414 g/mol. The van der Waals surface area contributed by atoms with Crippen LogP contribution in [0.5, 0.6) is 5.75 Å². The number of sulfonamides is 1. The Kier molecular flexibility index (Phi) is 6.20. The average Bonchev–Trinajstić information content (AvgIpc) is 3.43. The van der Waals surface area contributed by atoms with Gasteiger partial charge in [-0.3, -0.25) is 14.0 Å². The summed E-state index contributed by atoms with van der Waals surface area (Å²) in [6.07, 6.45) is 4.16. The first kappa shape index (κ1) is 21.6. The summed E-state index contributed by atoms with van der Waals surface area (Å²) in [5.74, 6) is 0.674. The Morgan fingerprint density at radius 3 is 2.45 bits per heavy atom. The Labute approximate surface area is 184 Å². The maximum atomic E-state index is 12.9. The molecule has 1 fully saturated rings. The summed E-state index contributed by atoms with van der Waals surface area (Å²) in [7, 11) is -1.65. The fourth-order valence-electron chi connectivity index (χ4n) is 4.49. The van der Waals surface area contributed by atoms with Crippen LogP contribution in [0.1, 0.15) is 40.4 Å². The first-order valence-electron chi connectivity index (χ1n) is 10.6.